The summed E-state index contributed by atoms with van der Waals surface area (Å²) in [7, 11) is 3.01. The molecule has 0 saturated carbocycles. The van der Waals surface area contributed by atoms with Crippen molar-refractivity contribution in [1.29, 1.82) is 0 Å². The highest BCUT2D eigenvalue weighted by atomic mass is 32.2. The SMILES string of the molecule is COC(=O)C1c2cnc(SC)nc2NN1Cc1ccc(OC)cc1. The van der Waals surface area contributed by atoms with Crippen LogP contribution in [0, 0.1) is 0 Å². The molecular formula is C16H18N4O3S. The molecule has 1 unspecified atom stereocenters. The third-order valence-electron chi connectivity index (χ3n) is 3.77. The first-order valence-corrected chi connectivity index (χ1v) is 8.53. The maximum atomic E-state index is 12.2. The number of thioether (sulfide) groups is 1. The first-order valence-electron chi connectivity index (χ1n) is 7.31. The molecule has 1 aromatic heterocycles. The highest BCUT2D eigenvalue weighted by Crippen LogP contribution is 2.36. The molecule has 1 atom stereocenters. The number of hydrazine groups is 1. The van der Waals surface area contributed by atoms with E-state index in [1.807, 2.05) is 30.5 Å². The van der Waals surface area contributed by atoms with Gasteiger partial charge in [0.25, 0.3) is 0 Å². The van der Waals surface area contributed by atoms with Gasteiger partial charge >= 0.3 is 5.97 Å². The lowest BCUT2D eigenvalue weighted by Gasteiger charge is -2.22. The fourth-order valence-electron chi connectivity index (χ4n) is 2.56. The lowest BCUT2D eigenvalue weighted by molar-refractivity contribution is -0.146. The van der Waals surface area contributed by atoms with Gasteiger partial charge in [-0.1, -0.05) is 23.9 Å². The zero-order valence-electron chi connectivity index (χ0n) is 13.6. The summed E-state index contributed by atoms with van der Waals surface area (Å²) >= 11 is 1.45. The van der Waals surface area contributed by atoms with Crippen molar-refractivity contribution in [3.05, 3.63) is 41.6 Å². The van der Waals surface area contributed by atoms with Crippen molar-refractivity contribution >= 4 is 23.5 Å². The lowest BCUT2D eigenvalue weighted by Crippen LogP contribution is -2.33. The summed E-state index contributed by atoms with van der Waals surface area (Å²) in [4.78, 5) is 20.9. The molecule has 1 aromatic carbocycles. The highest BCUT2D eigenvalue weighted by molar-refractivity contribution is 7.98. The van der Waals surface area contributed by atoms with Crippen LogP contribution in [0.5, 0.6) is 5.75 Å². The Balaban J connectivity index is 1.87. The summed E-state index contributed by atoms with van der Waals surface area (Å²) in [5, 5.41) is 2.45. The average Bonchev–Trinajstić information content (AvgIpc) is 2.98. The molecule has 2 heterocycles. The first kappa shape index (κ1) is 16.5. The number of nitrogens with zero attached hydrogens (tertiary/aromatic N) is 3. The number of esters is 1. The van der Waals surface area contributed by atoms with Gasteiger partial charge in [-0.25, -0.2) is 14.8 Å². The molecule has 24 heavy (non-hydrogen) atoms. The number of hydrogen-bond donors (Lipinski definition) is 1. The summed E-state index contributed by atoms with van der Waals surface area (Å²) in [5.41, 5.74) is 4.93. The van der Waals surface area contributed by atoms with E-state index in [0.717, 1.165) is 11.3 Å². The lowest BCUT2D eigenvalue weighted by atomic mass is 10.1. The van der Waals surface area contributed by atoms with Crippen LogP contribution in [0.4, 0.5) is 5.82 Å². The van der Waals surface area contributed by atoms with Crippen molar-refractivity contribution in [3.8, 4) is 5.75 Å². The average molecular weight is 346 g/mol. The first-order chi connectivity index (χ1) is 11.7. The molecule has 0 radical (unpaired) electrons. The molecule has 0 spiro atoms. The van der Waals surface area contributed by atoms with E-state index in [0.29, 0.717) is 23.1 Å². The second-order valence-electron chi connectivity index (χ2n) is 5.17. The van der Waals surface area contributed by atoms with E-state index in [4.69, 9.17) is 9.47 Å². The topological polar surface area (TPSA) is 76.6 Å². The number of methoxy groups -OCH3 is 2. The minimum Gasteiger partial charge on any atom is -0.497 e. The van der Waals surface area contributed by atoms with E-state index in [1.54, 1.807) is 18.3 Å². The van der Waals surface area contributed by atoms with Gasteiger partial charge in [0.15, 0.2) is 17.0 Å². The Hall–Kier alpha value is -2.32. The van der Waals surface area contributed by atoms with Crippen molar-refractivity contribution < 1.29 is 14.3 Å². The molecule has 0 bridgehead atoms. The van der Waals surface area contributed by atoms with Crippen LogP contribution in [-0.4, -0.2) is 41.4 Å². The second-order valence-corrected chi connectivity index (χ2v) is 5.95. The van der Waals surface area contributed by atoms with Gasteiger partial charge in [-0.2, -0.15) is 5.01 Å². The molecule has 0 saturated heterocycles. The number of nitrogens with one attached hydrogen (secondary N) is 1. The summed E-state index contributed by atoms with van der Waals surface area (Å²) in [5.74, 6) is 1.07. The number of carbonyl (C=O) groups is 1. The number of ether oxygens (including phenoxy) is 2. The summed E-state index contributed by atoms with van der Waals surface area (Å²) in [6.07, 6.45) is 3.58. The van der Waals surface area contributed by atoms with E-state index in [1.165, 1.54) is 18.9 Å². The normalized spacial score (nSPS) is 16.4. The Morgan fingerprint density at radius 1 is 1.33 bits per heavy atom. The van der Waals surface area contributed by atoms with Gasteiger partial charge in [0.2, 0.25) is 0 Å². The van der Waals surface area contributed by atoms with Crippen LogP contribution in [0.2, 0.25) is 0 Å². The quantitative estimate of drug-likeness (QED) is 0.502. The number of benzene rings is 1. The Bertz CT molecular complexity index is 739. The summed E-state index contributed by atoms with van der Waals surface area (Å²) < 4.78 is 10.1. The smallest absolute Gasteiger partial charge is 0.329 e. The zero-order valence-corrected chi connectivity index (χ0v) is 14.5. The van der Waals surface area contributed by atoms with E-state index in [-0.39, 0.29) is 5.97 Å². The molecule has 1 N–H and O–H groups in total. The molecule has 8 heteroatoms. The fraction of sp³-hybridized carbons (Fsp3) is 0.312. The van der Waals surface area contributed by atoms with Crippen molar-refractivity contribution in [2.45, 2.75) is 17.7 Å². The van der Waals surface area contributed by atoms with Gasteiger partial charge in [-0.15, -0.1) is 0 Å². The molecule has 0 fully saturated rings. The van der Waals surface area contributed by atoms with E-state index < -0.39 is 6.04 Å². The molecule has 7 nitrogen and oxygen atoms in total. The van der Waals surface area contributed by atoms with Crippen LogP contribution in [0.15, 0.2) is 35.6 Å². The summed E-state index contributed by atoms with van der Waals surface area (Å²) in [6.45, 7) is 0.509. The molecular weight excluding hydrogens is 328 g/mol. The Morgan fingerprint density at radius 2 is 2.08 bits per heavy atom. The molecule has 1 aliphatic heterocycles. The largest absolute Gasteiger partial charge is 0.497 e. The number of anilines is 1. The number of fused-ring (bicyclic) bond motifs is 1. The van der Waals surface area contributed by atoms with Gasteiger partial charge in [-0.3, -0.25) is 0 Å². The standard InChI is InChI=1S/C16H18N4O3S/c1-22-11-6-4-10(5-7-11)9-20-13(15(21)23-2)12-8-17-16(24-3)18-14(12)19-20/h4-8,13H,9H2,1-3H3,(H,17,18,19). The van der Waals surface area contributed by atoms with Gasteiger partial charge in [0.1, 0.15) is 5.75 Å². The summed E-state index contributed by atoms with van der Waals surface area (Å²) in [6, 6.07) is 7.10. The molecule has 1 aliphatic rings. The van der Waals surface area contributed by atoms with Crippen molar-refractivity contribution in [2.24, 2.45) is 0 Å². The number of rotatable bonds is 5. The zero-order chi connectivity index (χ0) is 17.1. The van der Waals surface area contributed by atoms with Crippen LogP contribution in [0.3, 0.4) is 0 Å². The molecule has 0 aliphatic carbocycles. The predicted octanol–water partition coefficient (Wildman–Crippen LogP) is 2.26. The monoisotopic (exact) mass is 346 g/mol. The fourth-order valence-corrected chi connectivity index (χ4v) is 2.90. The van der Waals surface area contributed by atoms with Crippen LogP contribution in [0.1, 0.15) is 17.2 Å². The molecule has 2 aromatic rings. The van der Waals surface area contributed by atoms with Crippen molar-refractivity contribution in [3.63, 3.8) is 0 Å². The maximum absolute atomic E-state index is 12.2. The van der Waals surface area contributed by atoms with Gasteiger partial charge < -0.3 is 14.9 Å². The number of hydrogen-bond acceptors (Lipinski definition) is 8. The third kappa shape index (κ3) is 3.15. The highest BCUT2D eigenvalue weighted by Gasteiger charge is 2.38. The molecule has 126 valence electrons. The second kappa shape index (κ2) is 7.06. The Morgan fingerprint density at radius 3 is 2.71 bits per heavy atom. The van der Waals surface area contributed by atoms with Crippen LogP contribution in [-0.2, 0) is 16.1 Å². The molecule has 3 rings (SSSR count). The third-order valence-corrected chi connectivity index (χ3v) is 4.33. The van der Waals surface area contributed by atoms with E-state index >= 15 is 0 Å². The van der Waals surface area contributed by atoms with E-state index in [9.17, 15) is 4.79 Å². The Kier molecular flexibility index (Phi) is 4.86. The predicted molar refractivity (Wildman–Crippen MR) is 90.7 cm³/mol. The van der Waals surface area contributed by atoms with Gasteiger partial charge in [0, 0.05) is 18.3 Å². The number of carbonyl (C=O) groups excluding carboxylic acids is 1. The number of aromatic nitrogens is 2. The van der Waals surface area contributed by atoms with Crippen LogP contribution >= 0.6 is 11.8 Å². The minimum atomic E-state index is -0.581. The van der Waals surface area contributed by atoms with Gasteiger partial charge in [-0.05, 0) is 24.0 Å². The maximum Gasteiger partial charge on any atom is 0.329 e. The van der Waals surface area contributed by atoms with Crippen LogP contribution in [0.25, 0.3) is 0 Å². The van der Waals surface area contributed by atoms with Crippen molar-refractivity contribution in [1.82, 2.24) is 15.0 Å². The Labute approximate surface area is 144 Å². The van der Waals surface area contributed by atoms with Crippen LogP contribution < -0.4 is 10.2 Å². The minimum absolute atomic E-state index is 0.352. The van der Waals surface area contributed by atoms with E-state index in [2.05, 4.69) is 15.4 Å². The van der Waals surface area contributed by atoms with Gasteiger partial charge in [0.05, 0.1) is 14.2 Å². The molecule has 0 amide bonds. The van der Waals surface area contributed by atoms with Crippen molar-refractivity contribution in [2.75, 3.05) is 25.9 Å².